The van der Waals surface area contributed by atoms with Crippen molar-refractivity contribution in [3.8, 4) is 11.5 Å². The van der Waals surface area contributed by atoms with E-state index in [1.807, 2.05) is 60.4 Å². The van der Waals surface area contributed by atoms with Crippen LogP contribution in [0.25, 0.3) is 0 Å². The third kappa shape index (κ3) is 6.67. The van der Waals surface area contributed by atoms with Gasteiger partial charge in [-0.2, -0.15) is 0 Å². The van der Waals surface area contributed by atoms with E-state index in [1.165, 1.54) is 4.88 Å². The van der Waals surface area contributed by atoms with Gasteiger partial charge < -0.3 is 24.6 Å². The van der Waals surface area contributed by atoms with Gasteiger partial charge in [-0.1, -0.05) is 50.1 Å². The lowest BCUT2D eigenvalue weighted by Gasteiger charge is -2.37. The summed E-state index contributed by atoms with van der Waals surface area (Å²) in [6.07, 6.45) is 1.71. The van der Waals surface area contributed by atoms with Crippen molar-refractivity contribution < 1.29 is 19.1 Å². The van der Waals surface area contributed by atoms with Gasteiger partial charge >= 0.3 is 6.03 Å². The normalized spacial score (nSPS) is 15.4. The van der Waals surface area contributed by atoms with Crippen molar-refractivity contribution in [3.63, 3.8) is 0 Å². The summed E-state index contributed by atoms with van der Waals surface area (Å²) in [6.45, 7) is 7.59. The number of urea groups is 1. The van der Waals surface area contributed by atoms with Crippen LogP contribution in [0.3, 0.4) is 0 Å². The molecule has 3 amide bonds. The third-order valence-electron chi connectivity index (χ3n) is 7.03. The molecule has 4 rings (SSSR count). The molecule has 2 unspecified atom stereocenters. The zero-order valence-corrected chi connectivity index (χ0v) is 23.4. The monoisotopic (exact) mass is 535 g/mol. The van der Waals surface area contributed by atoms with Gasteiger partial charge in [0.2, 0.25) is 5.91 Å². The topological polar surface area (TPSA) is 71.1 Å². The number of carbonyl (C=O) groups excluding carboxylic acids is 2. The quantitative estimate of drug-likeness (QED) is 0.338. The van der Waals surface area contributed by atoms with Crippen molar-refractivity contribution >= 4 is 29.0 Å². The van der Waals surface area contributed by atoms with E-state index in [-0.39, 0.29) is 30.4 Å². The number of benzene rings is 2. The Kier molecular flexibility index (Phi) is 9.29. The van der Waals surface area contributed by atoms with Crippen LogP contribution < -0.4 is 14.8 Å². The molecule has 0 spiro atoms. The molecule has 1 aliphatic rings. The largest absolute Gasteiger partial charge is 0.493 e. The van der Waals surface area contributed by atoms with Crippen molar-refractivity contribution in [1.82, 2.24) is 9.80 Å². The summed E-state index contributed by atoms with van der Waals surface area (Å²) in [5.41, 5.74) is 2.95. The number of hydrogen-bond donors (Lipinski definition) is 1. The molecular formula is C30H37N3O4S. The Morgan fingerprint density at radius 2 is 1.87 bits per heavy atom. The smallest absolute Gasteiger partial charge is 0.322 e. The first kappa shape index (κ1) is 27.5. The molecule has 8 heteroatoms. The maximum absolute atomic E-state index is 13.8. The predicted octanol–water partition coefficient (Wildman–Crippen LogP) is 6.15. The predicted molar refractivity (Wildman–Crippen MR) is 152 cm³/mol. The standard InChI is InChI=1S/C30H37N3O4S/c1-5-21(2)18-32(30(35)31-23-12-10-22(3)11-13-23)19-29(34)33-16-14-28-24(15-17-38-28)25(33)20-37-27-9-7-6-8-26(27)36-4/h6-13,15,17,21,25H,5,14,16,18-20H2,1-4H3,(H,31,35). The van der Waals surface area contributed by atoms with E-state index in [0.29, 0.717) is 36.9 Å². The van der Waals surface area contributed by atoms with Crippen molar-refractivity contribution in [2.24, 2.45) is 5.92 Å². The molecule has 0 saturated heterocycles. The van der Waals surface area contributed by atoms with Crippen LogP contribution in [0.1, 0.15) is 42.3 Å². The first-order valence-corrected chi connectivity index (χ1v) is 14.0. The summed E-state index contributed by atoms with van der Waals surface area (Å²) >= 11 is 1.71. The molecule has 0 fully saturated rings. The van der Waals surface area contributed by atoms with Crippen LogP contribution >= 0.6 is 11.3 Å². The first-order valence-electron chi connectivity index (χ1n) is 13.1. The van der Waals surface area contributed by atoms with E-state index in [4.69, 9.17) is 9.47 Å². The number of rotatable bonds is 10. The van der Waals surface area contributed by atoms with Gasteiger partial charge in [0.1, 0.15) is 13.2 Å². The summed E-state index contributed by atoms with van der Waals surface area (Å²) in [5, 5.41) is 5.04. The molecule has 1 aromatic heterocycles. The highest BCUT2D eigenvalue weighted by Gasteiger charge is 2.34. The zero-order chi connectivity index (χ0) is 27.1. The minimum Gasteiger partial charge on any atom is -0.493 e. The second-order valence-electron chi connectivity index (χ2n) is 9.80. The second kappa shape index (κ2) is 12.8. The molecule has 1 aliphatic heterocycles. The summed E-state index contributed by atoms with van der Waals surface area (Å²) in [6, 6.07) is 16.8. The molecule has 1 N–H and O–H groups in total. The van der Waals surface area contributed by atoms with Gasteiger partial charge in [-0.05, 0) is 60.5 Å². The van der Waals surface area contributed by atoms with Crippen molar-refractivity contribution in [2.75, 3.05) is 38.7 Å². The number of aryl methyl sites for hydroxylation is 1. The highest BCUT2D eigenvalue weighted by Crippen LogP contribution is 2.35. The van der Waals surface area contributed by atoms with Gasteiger partial charge in [0.25, 0.3) is 0 Å². The summed E-state index contributed by atoms with van der Waals surface area (Å²) in [4.78, 5) is 31.9. The lowest BCUT2D eigenvalue weighted by Crippen LogP contribution is -2.49. The van der Waals surface area contributed by atoms with Gasteiger partial charge in [-0.3, -0.25) is 4.79 Å². The fourth-order valence-electron chi connectivity index (χ4n) is 4.60. The van der Waals surface area contributed by atoms with Crippen molar-refractivity contribution in [3.05, 3.63) is 76.0 Å². The van der Waals surface area contributed by atoms with E-state index in [9.17, 15) is 9.59 Å². The number of anilines is 1. The number of methoxy groups -OCH3 is 1. The number of nitrogens with zero attached hydrogens (tertiary/aromatic N) is 2. The SMILES string of the molecule is CCC(C)CN(CC(=O)N1CCc2sccc2C1COc1ccccc1OC)C(=O)Nc1ccc(C)cc1. The Balaban J connectivity index is 1.51. The number of carbonyl (C=O) groups is 2. The van der Waals surface area contributed by atoms with Crippen LogP contribution in [0, 0.1) is 12.8 Å². The van der Waals surface area contributed by atoms with Crippen molar-refractivity contribution in [2.45, 2.75) is 39.7 Å². The molecule has 202 valence electrons. The molecule has 2 heterocycles. The molecular weight excluding hydrogens is 498 g/mol. The molecule has 0 aliphatic carbocycles. The Hall–Kier alpha value is -3.52. The Morgan fingerprint density at radius 1 is 1.13 bits per heavy atom. The molecule has 0 saturated carbocycles. The first-order chi connectivity index (χ1) is 18.4. The van der Waals surface area contributed by atoms with Crippen LogP contribution in [0.2, 0.25) is 0 Å². The number of fused-ring (bicyclic) bond motifs is 1. The number of nitrogens with one attached hydrogen (secondary N) is 1. The van der Waals surface area contributed by atoms with Gasteiger partial charge in [0.15, 0.2) is 11.5 Å². The molecule has 0 radical (unpaired) electrons. The highest BCUT2D eigenvalue weighted by atomic mass is 32.1. The fourth-order valence-corrected chi connectivity index (χ4v) is 5.53. The molecule has 2 aromatic carbocycles. The van der Waals surface area contributed by atoms with E-state index in [1.54, 1.807) is 23.3 Å². The minimum absolute atomic E-state index is 0.00661. The molecule has 7 nitrogen and oxygen atoms in total. The zero-order valence-electron chi connectivity index (χ0n) is 22.6. The number of thiophene rings is 1. The van der Waals surface area contributed by atoms with E-state index >= 15 is 0 Å². The Bertz CT molecular complexity index is 1230. The summed E-state index contributed by atoms with van der Waals surface area (Å²) in [5.74, 6) is 1.47. The maximum atomic E-state index is 13.8. The number of amides is 3. The Labute approximate surface area is 229 Å². The van der Waals surface area contributed by atoms with E-state index < -0.39 is 0 Å². The lowest BCUT2D eigenvalue weighted by atomic mass is 10.00. The van der Waals surface area contributed by atoms with Crippen LogP contribution in [-0.4, -0.2) is 55.1 Å². The van der Waals surface area contributed by atoms with E-state index in [0.717, 1.165) is 24.0 Å². The van der Waals surface area contributed by atoms with Gasteiger partial charge in [0, 0.05) is 23.7 Å². The van der Waals surface area contributed by atoms with Crippen LogP contribution in [0.4, 0.5) is 10.5 Å². The molecule has 38 heavy (non-hydrogen) atoms. The van der Waals surface area contributed by atoms with Crippen LogP contribution in [0.15, 0.2) is 60.0 Å². The van der Waals surface area contributed by atoms with Gasteiger partial charge in [-0.25, -0.2) is 4.79 Å². The van der Waals surface area contributed by atoms with Crippen LogP contribution in [0.5, 0.6) is 11.5 Å². The molecule has 2 atom stereocenters. The second-order valence-corrected chi connectivity index (χ2v) is 10.8. The highest BCUT2D eigenvalue weighted by molar-refractivity contribution is 7.10. The number of para-hydroxylation sites is 2. The Morgan fingerprint density at radius 3 is 2.58 bits per heavy atom. The summed E-state index contributed by atoms with van der Waals surface area (Å²) in [7, 11) is 1.61. The fraction of sp³-hybridized carbons (Fsp3) is 0.400. The van der Waals surface area contributed by atoms with Crippen LogP contribution in [-0.2, 0) is 11.2 Å². The molecule has 0 bridgehead atoms. The molecule has 3 aromatic rings. The summed E-state index contributed by atoms with van der Waals surface area (Å²) < 4.78 is 11.6. The van der Waals surface area contributed by atoms with E-state index in [2.05, 4.69) is 30.6 Å². The maximum Gasteiger partial charge on any atom is 0.322 e. The minimum atomic E-state index is -0.266. The number of ether oxygens (including phenoxy) is 2. The average Bonchev–Trinajstić information content (AvgIpc) is 3.41. The van der Waals surface area contributed by atoms with Crippen molar-refractivity contribution in [1.29, 1.82) is 0 Å². The van der Waals surface area contributed by atoms with Gasteiger partial charge in [0.05, 0.1) is 13.2 Å². The van der Waals surface area contributed by atoms with Gasteiger partial charge in [-0.15, -0.1) is 11.3 Å². The number of hydrogen-bond acceptors (Lipinski definition) is 5. The average molecular weight is 536 g/mol. The lowest BCUT2D eigenvalue weighted by molar-refractivity contribution is -0.135. The third-order valence-corrected chi connectivity index (χ3v) is 8.02.